The van der Waals surface area contributed by atoms with Crippen molar-refractivity contribution < 1.29 is 80.2 Å². The number of unbranched alkanes of at least 4 members (excludes halogenated alkanes) is 30. The van der Waals surface area contributed by atoms with E-state index in [0.29, 0.717) is 31.6 Å². The Morgan fingerprint density at radius 3 is 0.883 bits per heavy atom. The summed E-state index contributed by atoms with van der Waals surface area (Å²) in [6.45, 7) is 7.01. The van der Waals surface area contributed by atoms with E-state index in [1.54, 1.807) is 0 Å². The smallest absolute Gasteiger partial charge is 0.462 e. The number of carbonyl (C=O) groups is 4. The van der Waals surface area contributed by atoms with Crippen LogP contribution < -0.4 is 0 Å². The third-order valence-electron chi connectivity index (χ3n) is 13.3. The van der Waals surface area contributed by atoms with Gasteiger partial charge in [-0.2, -0.15) is 0 Å². The molecule has 0 aromatic carbocycles. The van der Waals surface area contributed by atoms with Gasteiger partial charge in [0.15, 0.2) is 12.2 Å². The van der Waals surface area contributed by atoms with Crippen LogP contribution >= 0.6 is 15.6 Å². The molecule has 77 heavy (non-hydrogen) atoms. The first-order valence-corrected chi connectivity index (χ1v) is 33.6. The molecule has 0 amide bonds. The molecule has 0 rings (SSSR count). The Labute approximate surface area is 467 Å². The number of phosphoric ester groups is 2. The predicted octanol–water partition coefficient (Wildman–Crippen LogP) is 15.5. The lowest BCUT2D eigenvalue weighted by Crippen LogP contribution is -2.30. The highest BCUT2D eigenvalue weighted by molar-refractivity contribution is 7.47. The Bertz CT molecular complexity index is 1520. The highest BCUT2D eigenvalue weighted by atomic mass is 31.2. The molecule has 0 fully saturated rings. The lowest BCUT2D eigenvalue weighted by molar-refractivity contribution is -0.161. The van der Waals surface area contributed by atoms with E-state index in [2.05, 4.69) is 34.6 Å². The van der Waals surface area contributed by atoms with Crippen molar-refractivity contribution in [2.24, 2.45) is 5.92 Å². The van der Waals surface area contributed by atoms with Gasteiger partial charge in [0.25, 0.3) is 0 Å². The lowest BCUT2D eigenvalue weighted by atomic mass is 10.0. The predicted molar refractivity (Wildman–Crippen MR) is 303 cm³/mol. The fourth-order valence-electron chi connectivity index (χ4n) is 8.52. The van der Waals surface area contributed by atoms with Crippen LogP contribution in [0.4, 0.5) is 0 Å². The molecule has 0 saturated heterocycles. The van der Waals surface area contributed by atoms with E-state index in [1.165, 1.54) is 89.9 Å². The highest BCUT2D eigenvalue weighted by Crippen LogP contribution is 2.45. The Morgan fingerprint density at radius 2 is 0.597 bits per heavy atom. The standard InChI is InChI=1S/C58H112O17P2/c1-6-9-12-15-18-20-21-22-24-27-34-39-44-58(63)75-54(48-69-56(61)42-37-32-29-28-30-35-40-51(4)5)50-73-77(66,67)71-46-52(59)45-70-76(64,65)72-49-53(47-68-55(60)41-36-31-25-17-14-11-8-3)74-57(62)43-38-33-26-23-19-16-13-10-7-2/h51-54,59H,6-50H2,1-5H3,(H,64,65)(H,66,67)/t52-,53+,54+/m0/s1. The van der Waals surface area contributed by atoms with E-state index < -0.39 is 97.5 Å². The van der Waals surface area contributed by atoms with Gasteiger partial charge in [0, 0.05) is 25.7 Å². The van der Waals surface area contributed by atoms with Gasteiger partial charge in [-0.15, -0.1) is 0 Å². The molecule has 0 spiro atoms. The first-order valence-electron chi connectivity index (χ1n) is 30.6. The third-order valence-corrected chi connectivity index (χ3v) is 15.2. The molecule has 0 heterocycles. The largest absolute Gasteiger partial charge is 0.472 e. The van der Waals surface area contributed by atoms with Crippen LogP contribution in [0.25, 0.3) is 0 Å². The molecule has 0 bridgehead atoms. The van der Waals surface area contributed by atoms with Crippen LogP contribution in [0, 0.1) is 5.92 Å². The molecule has 0 aliphatic rings. The number of aliphatic hydroxyl groups is 1. The van der Waals surface area contributed by atoms with E-state index in [1.807, 2.05) is 0 Å². The second-order valence-electron chi connectivity index (χ2n) is 21.5. The summed E-state index contributed by atoms with van der Waals surface area (Å²) in [5.74, 6) is -1.47. The van der Waals surface area contributed by atoms with Crippen LogP contribution in [0.5, 0.6) is 0 Å². The fraction of sp³-hybridized carbons (Fsp3) is 0.931. The Hall–Kier alpha value is -1.94. The second-order valence-corrected chi connectivity index (χ2v) is 24.4. The van der Waals surface area contributed by atoms with E-state index in [4.69, 9.17) is 37.0 Å². The number of carbonyl (C=O) groups excluding carboxylic acids is 4. The van der Waals surface area contributed by atoms with Crippen molar-refractivity contribution in [3.05, 3.63) is 0 Å². The zero-order valence-corrected chi connectivity index (χ0v) is 50.9. The van der Waals surface area contributed by atoms with Gasteiger partial charge in [-0.05, 0) is 31.6 Å². The molecule has 19 heteroatoms. The minimum absolute atomic E-state index is 0.105. The van der Waals surface area contributed by atoms with Crippen LogP contribution in [0.15, 0.2) is 0 Å². The highest BCUT2D eigenvalue weighted by Gasteiger charge is 2.30. The van der Waals surface area contributed by atoms with Gasteiger partial charge in [-0.3, -0.25) is 37.3 Å². The maximum atomic E-state index is 12.9. The number of ether oxygens (including phenoxy) is 4. The van der Waals surface area contributed by atoms with Crippen molar-refractivity contribution in [2.75, 3.05) is 39.6 Å². The third kappa shape index (κ3) is 53.2. The summed E-state index contributed by atoms with van der Waals surface area (Å²) >= 11 is 0. The van der Waals surface area contributed by atoms with Gasteiger partial charge in [0.1, 0.15) is 19.3 Å². The molecule has 0 aromatic heterocycles. The second kappa shape index (κ2) is 52.2. The number of esters is 4. The van der Waals surface area contributed by atoms with E-state index in [0.717, 1.165) is 109 Å². The van der Waals surface area contributed by atoms with Crippen molar-refractivity contribution >= 4 is 39.5 Å². The van der Waals surface area contributed by atoms with Gasteiger partial charge in [-0.1, -0.05) is 234 Å². The quantitative estimate of drug-likeness (QED) is 0.0222. The number of rotatable bonds is 58. The molecule has 3 N–H and O–H groups in total. The Morgan fingerprint density at radius 1 is 0.351 bits per heavy atom. The number of aliphatic hydroxyl groups excluding tert-OH is 1. The first-order chi connectivity index (χ1) is 37.0. The van der Waals surface area contributed by atoms with Crippen LogP contribution in [-0.2, 0) is 65.4 Å². The molecule has 0 radical (unpaired) electrons. The van der Waals surface area contributed by atoms with Crippen molar-refractivity contribution in [2.45, 2.75) is 303 Å². The summed E-state index contributed by atoms with van der Waals surface area (Å²) < 4.78 is 67.6. The SMILES string of the molecule is CCCCCCCCCCCCCCC(=O)O[C@H](COC(=O)CCCCCCCCC(C)C)COP(=O)(O)OC[C@@H](O)COP(=O)(O)OC[C@@H](COC(=O)CCCCCCCCC)OC(=O)CCCCCCCCCCC. The summed E-state index contributed by atoms with van der Waals surface area (Å²) in [6, 6.07) is 0. The van der Waals surface area contributed by atoms with E-state index in [-0.39, 0.29) is 25.7 Å². The van der Waals surface area contributed by atoms with Gasteiger partial charge in [-0.25, -0.2) is 9.13 Å². The maximum Gasteiger partial charge on any atom is 0.472 e. The maximum absolute atomic E-state index is 12.9. The average molecular weight is 1140 g/mol. The lowest BCUT2D eigenvalue weighted by Gasteiger charge is -2.21. The zero-order valence-electron chi connectivity index (χ0n) is 49.1. The van der Waals surface area contributed by atoms with Crippen molar-refractivity contribution in [1.82, 2.24) is 0 Å². The van der Waals surface area contributed by atoms with Crippen molar-refractivity contribution in [1.29, 1.82) is 0 Å². The summed E-state index contributed by atoms with van der Waals surface area (Å²) in [5, 5.41) is 10.5. The van der Waals surface area contributed by atoms with E-state index >= 15 is 0 Å². The number of hydrogen-bond acceptors (Lipinski definition) is 15. The molecule has 5 atom stereocenters. The summed E-state index contributed by atoms with van der Waals surface area (Å²) in [5.41, 5.74) is 0. The Kier molecular flexibility index (Phi) is 50.8. The minimum atomic E-state index is -4.94. The van der Waals surface area contributed by atoms with Gasteiger partial charge in [0.2, 0.25) is 0 Å². The Balaban J connectivity index is 5.21. The number of phosphoric acid groups is 2. The molecule has 2 unspecified atom stereocenters. The molecular weight excluding hydrogens is 1030 g/mol. The molecule has 0 aliphatic heterocycles. The average Bonchev–Trinajstić information content (AvgIpc) is 3.39. The normalized spacial score (nSPS) is 14.4. The molecule has 0 aliphatic carbocycles. The summed E-state index contributed by atoms with van der Waals surface area (Å²) in [4.78, 5) is 71.7. The van der Waals surface area contributed by atoms with Crippen LogP contribution in [0.1, 0.15) is 285 Å². The number of hydrogen-bond donors (Lipinski definition) is 3. The molecular formula is C58H112O17P2. The topological polar surface area (TPSA) is 237 Å². The van der Waals surface area contributed by atoms with Crippen LogP contribution in [0.3, 0.4) is 0 Å². The van der Waals surface area contributed by atoms with Gasteiger partial charge in [0.05, 0.1) is 26.4 Å². The van der Waals surface area contributed by atoms with Crippen LogP contribution in [-0.4, -0.2) is 96.7 Å². The summed E-state index contributed by atoms with van der Waals surface area (Å²) in [6.07, 6.45) is 33.7. The van der Waals surface area contributed by atoms with Crippen molar-refractivity contribution in [3.63, 3.8) is 0 Å². The fourth-order valence-corrected chi connectivity index (χ4v) is 10.1. The molecule has 17 nitrogen and oxygen atoms in total. The molecule has 0 saturated carbocycles. The minimum Gasteiger partial charge on any atom is -0.462 e. The van der Waals surface area contributed by atoms with Gasteiger partial charge < -0.3 is 33.8 Å². The van der Waals surface area contributed by atoms with Crippen LogP contribution in [0.2, 0.25) is 0 Å². The summed E-state index contributed by atoms with van der Waals surface area (Å²) in [7, 11) is -9.87. The van der Waals surface area contributed by atoms with E-state index in [9.17, 15) is 43.2 Å². The van der Waals surface area contributed by atoms with Crippen molar-refractivity contribution in [3.8, 4) is 0 Å². The first kappa shape index (κ1) is 75.1. The zero-order chi connectivity index (χ0) is 57.1. The molecule has 0 aromatic rings. The monoisotopic (exact) mass is 1140 g/mol. The van der Waals surface area contributed by atoms with Gasteiger partial charge >= 0.3 is 39.5 Å². The molecule has 456 valence electrons.